The smallest absolute Gasteiger partial charge is 0.127 e. The van der Waals surface area contributed by atoms with Crippen molar-refractivity contribution in [1.29, 1.82) is 0 Å². The van der Waals surface area contributed by atoms with Gasteiger partial charge in [0, 0.05) is 17.7 Å². The Morgan fingerprint density at radius 3 is 2.52 bits per heavy atom. The molecular formula is C18H31NO2. The Morgan fingerprint density at radius 2 is 1.86 bits per heavy atom. The van der Waals surface area contributed by atoms with Crippen LogP contribution < -0.4 is 14.8 Å². The molecule has 0 amide bonds. The second kappa shape index (κ2) is 10.5. The SMILES string of the molecule is CCCCCCCOc1cc(OC)ccc1C(C)NCC. The molecule has 0 saturated carbocycles. The molecule has 1 atom stereocenters. The van der Waals surface area contributed by atoms with Crippen molar-refractivity contribution in [3.05, 3.63) is 23.8 Å². The lowest BCUT2D eigenvalue weighted by Gasteiger charge is -2.18. The van der Waals surface area contributed by atoms with Crippen molar-refractivity contribution < 1.29 is 9.47 Å². The van der Waals surface area contributed by atoms with E-state index in [-0.39, 0.29) is 6.04 Å². The Labute approximate surface area is 130 Å². The molecule has 1 aromatic rings. The van der Waals surface area contributed by atoms with E-state index in [9.17, 15) is 0 Å². The highest BCUT2D eigenvalue weighted by molar-refractivity contribution is 5.42. The maximum atomic E-state index is 6.01. The van der Waals surface area contributed by atoms with Gasteiger partial charge in [0.05, 0.1) is 13.7 Å². The Morgan fingerprint density at radius 1 is 1.10 bits per heavy atom. The van der Waals surface area contributed by atoms with Crippen LogP contribution >= 0.6 is 0 Å². The normalized spacial score (nSPS) is 12.2. The van der Waals surface area contributed by atoms with Crippen LogP contribution in [0.3, 0.4) is 0 Å². The standard InChI is InChI=1S/C18H31NO2/c1-5-7-8-9-10-13-21-18-14-16(20-4)11-12-17(18)15(3)19-6-2/h11-12,14-15,19H,5-10,13H2,1-4H3. The highest BCUT2D eigenvalue weighted by Crippen LogP contribution is 2.29. The summed E-state index contributed by atoms with van der Waals surface area (Å²) >= 11 is 0. The van der Waals surface area contributed by atoms with E-state index in [4.69, 9.17) is 9.47 Å². The topological polar surface area (TPSA) is 30.5 Å². The molecule has 0 aromatic heterocycles. The third kappa shape index (κ3) is 6.38. The van der Waals surface area contributed by atoms with Gasteiger partial charge in [0.15, 0.2) is 0 Å². The molecule has 3 nitrogen and oxygen atoms in total. The third-order valence-electron chi connectivity index (χ3n) is 3.70. The molecule has 0 aliphatic rings. The van der Waals surface area contributed by atoms with Crippen molar-refractivity contribution in [3.63, 3.8) is 0 Å². The minimum atomic E-state index is 0.288. The first kappa shape index (κ1) is 17.8. The van der Waals surface area contributed by atoms with E-state index in [0.29, 0.717) is 0 Å². The molecule has 0 aliphatic carbocycles. The van der Waals surface area contributed by atoms with Crippen molar-refractivity contribution in [1.82, 2.24) is 5.32 Å². The molecule has 1 rings (SSSR count). The fourth-order valence-electron chi connectivity index (χ4n) is 2.43. The van der Waals surface area contributed by atoms with Crippen molar-refractivity contribution in [2.24, 2.45) is 0 Å². The molecule has 1 unspecified atom stereocenters. The molecule has 120 valence electrons. The second-order valence-electron chi connectivity index (χ2n) is 5.45. The zero-order chi connectivity index (χ0) is 15.5. The summed E-state index contributed by atoms with van der Waals surface area (Å²) in [5, 5.41) is 3.44. The summed E-state index contributed by atoms with van der Waals surface area (Å²) in [5.41, 5.74) is 1.20. The Hall–Kier alpha value is -1.22. The number of hydrogen-bond donors (Lipinski definition) is 1. The zero-order valence-electron chi connectivity index (χ0n) is 14.1. The number of ether oxygens (including phenoxy) is 2. The summed E-state index contributed by atoms with van der Waals surface area (Å²) in [6, 6.07) is 6.38. The molecule has 0 heterocycles. The van der Waals surface area contributed by atoms with Gasteiger partial charge in [-0.15, -0.1) is 0 Å². The number of benzene rings is 1. The van der Waals surface area contributed by atoms with Crippen LogP contribution in [0.5, 0.6) is 11.5 Å². The van der Waals surface area contributed by atoms with Crippen molar-refractivity contribution >= 4 is 0 Å². The van der Waals surface area contributed by atoms with Crippen molar-refractivity contribution in [3.8, 4) is 11.5 Å². The summed E-state index contributed by atoms with van der Waals surface area (Å²) < 4.78 is 11.3. The van der Waals surface area contributed by atoms with Gasteiger partial charge in [-0.05, 0) is 26.0 Å². The largest absolute Gasteiger partial charge is 0.497 e. The van der Waals surface area contributed by atoms with E-state index in [0.717, 1.165) is 31.1 Å². The molecule has 0 aliphatic heterocycles. The molecule has 0 fully saturated rings. The molecule has 0 saturated heterocycles. The number of nitrogens with one attached hydrogen (secondary N) is 1. The lowest BCUT2D eigenvalue weighted by atomic mass is 10.1. The van der Waals surface area contributed by atoms with Crippen LogP contribution in [0.25, 0.3) is 0 Å². The molecule has 0 spiro atoms. The van der Waals surface area contributed by atoms with Gasteiger partial charge in [0.2, 0.25) is 0 Å². The van der Waals surface area contributed by atoms with E-state index in [2.05, 4.69) is 32.2 Å². The lowest BCUT2D eigenvalue weighted by molar-refractivity contribution is 0.296. The maximum Gasteiger partial charge on any atom is 0.127 e. The Bertz CT molecular complexity index is 393. The van der Waals surface area contributed by atoms with E-state index < -0.39 is 0 Å². The van der Waals surface area contributed by atoms with Gasteiger partial charge < -0.3 is 14.8 Å². The number of hydrogen-bond acceptors (Lipinski definition) is 3. The summed E-state index contributed by atoms with van der Waals surface area (Å²) in [6.45, 7) is 8.25. The average Bonchev–Trinajstić information content (AvgIpc) is 2.50. The van der Waals surface area contributed by atoms with Gasteiger partial charge in [0.25, 0.3) is 0 Å². The summed E-state index contributed by atoms with van der Waals surface area (Å²) in [6.07, 6.45) is 6.27. The highest BCUT2D eigenvalue weighted by Gasteiger charge is 2.12. The number of rotatable bonds is 11. The van der Waals surface area contributed by atoms with Gasteiger partial charge in [0.1, 0.15) is 11.5 Å². The first-order valence-electron chi connectivity index (χ1n) is 8.27. The van der Waals surface area contributed by atoms with Gasteiger partial charge in [-0.2, -0.15) is 0 Å². The van der Waals surface area contributed by atoms with Crippen LogP contribution in [0.15, 0.2) is 18.2 Å². The number of unbranched alkanes of at least 4 members (excludes halogenated alkanes) is 4. The summed E-state index contributed by atoms with van der Waals surface area (Å²) in [5.74, 6) is 1.79. The molecular weight excluding hydrogens is 262 g/mol. The molecule has 21 heavy (non-hydrogen) atoms. The lowest BCUT2D eigenvalue weighted by Crippen LogP contribution is -2.18. The van der Waals surface area contributed by atoms with E-state index >= 15 is 0 Å². The monoisotopic (exact) mass is 293 g/mol. The molecule has 3 heteroatoms. The molecule has 0 radical (unpaired) electrons. The van der Waals surface area contributed by atoms with E-state index in [1.54, 1.807) is 7.11 Å². The van der Waals surface area contributed by atoms with Gasteiger partial charge in [-0.1, -0.05) is 45.6 Å². The minimum absolute atomic E-state index is 0.288. The first-order chi connectivity index (χ1) is 10.2. The molecule has 1 aromatic carbocycles. The van der Waals surface area contributed by atoms with Crippen LogP contribution in [-0.2, 0) is 0 Å². The van der Waals surface area contributed by atoms with E-state index in [1.165, 1.54) is 31.2 Å². The van der Waals surface area contributed by atoms with Crippen LogP contribution in [0.4, 0.5) is 0 Å². The predicted molar refractivity (Wildman–Crippen MR) is 89.3 cm³/mol. The van der Waals surface area contributed by atoms with Gasteiger partial charge in [-0.3, -0.25) is 0 Å². The second-order valence-corrected chi connectivity index (χ2v) is 5.45. The third-order valence-corrected chi connectivity index (χ3v) is 3.70. The zero-order valence-corrected chi connectivity index (χ0v) is 14.1. The van der Waals surface area contributed by atoms with Crippen LogP contribution in [0.2, 0.25) is 0 Å². The fourth-order valence-corrected chi connectivity index (χ4v) is 2.43. The van der Waals surface area contributed by atoms with Crippen LogP contribution in [-0.4, -0.2) is 20.3 Å². The summed E-state index contributed by atoms with van der Waals surface area (Å²) in [4.78, 5) is 0. The molecule has 1 N–H and O–H groups in total. The Balaban J connectivity index is 2.59. The molecule has 0 bridgehead atoms. The highest BCUT2D eigenvalue weighted by atomic mass is 16.5. The van der Waals surface area contributed by atoms with Gasteiger partial charge >= 0.3 is 0 Å². The minimum Gasteiger partial charge on any atom is -0.497 e. The van der Waals surface area contributed by atoms with Crippen molar-refractivity contribution in [2.45, 2.75) is 58.9 Å². The quantitative estimate of drug-likeness (QED) is 0.599. The van der Waals surface area contributed by atoms with Crippen molar-refractivity contribution in [2.75, 3.05) is 20.3 Å². The van der Waals surface area contributed by atoms with Crippen LogP contribution in [0, 0.1) is 0 Å². The number of methoxy groups -OCH3 is 1. The van der Waals surface area contributed by atoms with Gasteiger partial charge in [-0.25, -0.2) is 0 Å². The maximum absolute atomic E-state index is 6.01. The average molecular weight is 293 g/mol. The predicted octanol–water partition coefficient (Wildman–Crippen LogP) is 4.71. The van der Waals surface area contributed by atoms with Crippen LogP contribution in [0.1, 0.15) is 64.5 Å². The fraction of sp³-hybridized carbons (Fsp3) is 0.667. The Kier molecular flexibility index (Phi) is 8.91. The summed E-state index contributed by atoms with van der Waals surface area (Å²) in [7, 11) is 1.69. The van der Waals surface area contributed by atoms with E-state index in [1.807, 2.05) is 12.1 Å². The first-order valence-corrected chi connectivity index (χ1v) is 8.27.